The Bertz CT molecular complexity index is 127. The summed E-state index contributed by atoms with van der Waals surface area (Å²) >= 11 is 3.71. The predicted octanol–water partition coefficient (Wildman–Crippen LogP) is 1.36. The lowest BCUT2D eigenvalue weighted by atomic mass is 10.2. The molecular formula is C8H16O3S. The van der Waals surface area contributed by atoms with Crippen LogP contribution in [0.25, 0.3) is 0 Å². The normalized spacial score (nSPS) is 12.6. The first-order valence-electron chi connectivity index (χ1n) is 4.19. The third-order valence-electron chi connectivity index (χ3n) is 1.45. The van der Waals surface area contributed by atoms with Gasteiger partial charge in [-0.25, -0.2) is 0 Å². The molecular weight excluding hydrogens is 176 g/mol. The molecule has 0 aromatic heterocycles. The molecule has 0 rings (SSSR count). The number of esters is 1. The Kier molecular flexibility index (Phi) is 7.29. The third kappa shape index (κ3) is 6.49. The molecule has 0 aliphatic heterocycles. The minimum atomic E-state index is -0.948. The summed E-state index contributed by atoms with van der Waals surface area (Å²) in [4.78, 5) is 10.6. The summed E-state index contributed by atoms with van der Waals surface area (Å²) in [7, 11) is 0. The Labute approximate surface area is 78.5 Å². The second-order valence-corrected chi connectivity index (χ2v) is 2.91. The number of hydrogen-bond acceptors (Lipinski definition) is 4. The second kappa shape index (κ2) is 7.43. The Hall–Kier alpha value is -0.220. The van der Waals surface area contributed by atoms with Crippen molar-refractivity contribution in [1.82, 2.24) is 0 Å². The standard InChI is InChI=1S/C8H16O3S/c1-2-3-4-5-7(9)11-8(10)6-12/h7,9,12H,2-6H2,1H3. The number of aliphatic hydroxyl groups excluding tert-OH is 1. The van der Waals surface area contributed by atoms with Crippen molar-refractivity contribution in [3.63, 3.8) is 0 Å². The SMILES string of the molecule is CCCCCC(O)OC(=O)CS. The van der Waals surface area contributed by atoms with Crippen molar-refractivity contribution in [2.45, 2.75) is 38.9 Å². The molecule has 0 saturated carbocycles. The van der Waals surface area contributed by atoms with Gasteiger partial charge in [0.25, 0.3) is 0 Å². The van der Waals surface area contributed by atoms with Gasteiger partial charge < -0.3 is 9.84 Å². The lowest BCUT2D eigenvalue weighted by Gasteiger charge is -2.10. The molecule has 1 unspecified atom stereocenters. The molecule has 3 nitrogen and oxygen atoms in total. The molecule has 0 amide bonds. The van der Waals surface area contributed by atoms with Crippen LogP contribution in [0.5, 0.6) is 0 Å². The van der Waals surface area contributed by atoms with Crippen LogP contribution in [0.15, 0.2) is 0 Å². The summed E-state index contributed by atoms with van der Waals surface area (Å²) in [5, 5.41) is 9.10. The van der Waals surface area contributed by atoms with E-state index in [0.717, 1.165) is 19.3 Å². The minimum Gasteiger partial charge on any atom is -0.435 e. The van der Waals surface area contributed by atoms with Crippen LogP contribution < -0.4 is 0 Å². The van der Waals surface area contributed by atoms with Gasteiger partial charge in [-0.3, -0.25) is 4.79 Å². The number of rotatable bonds is 6. The third-order valence-corrected chi connectivity index (χ3v) is 1.71. The van der Waals surface area contributed by atoms with E-state index in [2.05, 4.69) is 24.3 Å². The maximum Gasteiger partial charge on any atom is 0.317 e. The lowest BCUT2D eigenvalue weighted by molar-refractivity contribution is -0.165. The van der Waals surface area contributed by atoms with Crippen molar-refractivity contribution < 1.29 is 14.6 Å². The number of unbranched alkanes of at least 4 members (excludes halogenated alkanes) is 2. The fraction of sp³-hybridized carbons (Fsp3) is 0.875. The zero-order valence-corrected chi connectivity index (χ0v) is 8.22. The number of thiol groups is 1. The molecule has 1 atom stereocenters. The van der Waals surface area contributed by atoms with E-state index in [1.54, 1.807) is 0 Å². The summed E-state index contributed by atoms with van der Waals surface area (Å²) in [6, 6.07) is 0. The highest BCUT2D eigenvalue weighted by Crippen LogP contribution is 2.04. The Morgan fingerprint density at radius 1 is 1.58 bits per heavy atom. The van der Waals surface area contributed by atoms with E-state index in [0.29, 0.717) is 6.42 Å². The molecule has 0 bridgehead atoms. The van der Waals surface area contributed by atoms with Crippen LogP contribution in [0.1, 0.15) is 32.6 Å². The molecule has 4 heteroatoms. The molecule has 12 heavy (non-hydrogen) atoms. The van der Waals surface area contributed by atoms with Gasteiger partial charge in [0.2, 0.25) is 6.29 Å². The van der Waals surface area contributed by atoms with E-state index in [4.69, 9.17) is 5.11 Å². The maximum absolute atomic E-state index is 10.6. The summed E-state index contributed by atoms with van der Waals surface area (Å²) < 4.78 is 4.59. The van der Waals surface area contributed by atoms with Gasteiger partial charge in [-0.05, 0) is 6.42 Å². The van der Waals surface area contributed by atoms with Crippen molar-refractivity contribution in [2.75, 3.05) is 5.75 Å². The average Bonchev–Trinajstić information content (AvgIpc) is 2.05. The van der Waals surface area contributed by atoms with Crippen LogP contribution in [0, 0.1) is 0 Å². The van der Waals surface area contributed by atoms with Crippen molar-refractivity contribution >= 4 is 18.6 Å². The largest absolute Gasteiger partial charge is 0.435 e. The molecule has 0 fully saturated rings. The molecule has 0 aliphatic rings. The smallest absolute Gasteiger partial charge is 0.317 e. The summed E-state index contributed by atoms with van der Waals surface area (Å²) in [6.07, 6.45) is 2.60. The quantitative estimate of drug-likeness (QED) is 0.289. The molecule has 0 spiro atoms. The first-order valence-corrected chi connectivity index (χ1v) is 4.82. The van der Waals surface area contributed by atoms with E-state index in [-0.39, 0.29) is 5.75 Å². The van der Waals surface area contributed by atoms with Crippen molar-refractivity contribution in [2.24, 2.45) is 0 Å². The van der Waals surface area contributed by atoms with Crippen LogP contribution in [0.4, 0.5) is 0 Å². The first kappa shape index (κ1) is 11.8. The number of carbonyl (C=O) groups excluding carboxylic acids is 1. The van der Waals surface area contributed by atoms with Crippen LogP contribution >= 0.6 is 12.6 Å². The maximum atomic E-state index is 10.6. The summed E-state index contributed by atoms with van der Waals surface area (Å²) in [6.45, 7) is 2.08. The van der Waals surface area contributed by atoms with Crippen molar-refractivity contribution in [1.29, 1.82) is 0 Å². The highest BCUT2D eigenvalue weighted by molar-refractivity contribution is 7.81. The fourth-order valence-corrected chi connectivity index (χ4v) is 0.891. The second-order valence-electron chi connectivity index (χ2n) is 2.60. The van der Waals surface area contributed by atoms with Crippen LogP contribution in [0.2, 0.25) is 0 Å². The van der Waals surface area contributed by atoms with Gasteiger partial charge in [0.1, 0.15) is 0 Å². The number of carbonyl (C=O) groups is 1. The van der Waals surface area contributed by atoms with E-state index in [9.17, 15) is 4.79 Å². The van der Waals surface area contributed by atoms with E-state index >= 15 is 0 Å². The van der Waals surface area contributed by atoms with Gasteiger partial charge in [-0.1, -0.05) is 19.8 Å². The average molecular weight is 192 g/mol. The van der Waals surface area contributed by atoms with E-state index in [1.807, 2.05) is 0 Å². The zero-order valence-electron chi connectivity index (χ0n) is 7.32. The molecule has 1 N–H and O–H groups in total. The van der Waals surface area contributed by atoms with E-state index in [1.165, 1.54) is 0 Å². The highest BCUT2D eigenvalue weighted by Gasteiger charge is 2.07. The Morgan fingerprint density at radius 3 is 2.75 bits per heavy atom. The number of aliphatic hydroxyl groups is 1. The number of ether oxygens (including phenoxy) is 1. The molecule has 0 radical (unpaired) electrons. The van der Waals surface area contributed by atoms with Crippen molar-refractivity contribution in [3.05, 3.63) is 0 Å². The lowest BCUT2D eigenvalue weighted by Crippen LogP contribution is -2.18. The van der Waals surface area contributed by atoms with Gasteiger partial charge in [-0.15, -0.1) is 0 Å². The van der Waals surface area contributed by atoms with Crippen LogP contribution in [-0.4, -0.2) is 23.1 Å². The molecule has 0 aromatic carbocycles. The molecule has 0 aromatic rings. The molecule has 0 heterocycles. The predicted molar refractivity (Wildman–Crippen MR) is 50.1 cm³/mol. The van der Waals surface area contributed by atoms with Crippen LogP contribution in [0.3, 0.4) is 0 Å². The van der Waals surface area contributed by atoms with Gasteiger partial charge >= 0.3 is 5.97 Å². The highest BCUT2D eigenvalue weighted by atomic mass is 32.1. The Morgan fingerprint density at radius 2 is 2.25 bits per heavy atom. The molecule has 0 aliphatic carbocycles. The van der Waals surface area contributed by atoms with Gasteiger partial charge in [0.05, 0.1) is 5.75 Å². The van der Waals surface area contributed by atoms with E-state index < -0.39 is 12.3 Å². The van der Waals surface area contributed by atoms with Gasteiger partial charge in [0.15, 0.2) is 0 Å². The van der Waals surface area contributed by atoms with Crippen molar-refractivity contribution in [3.8, 4) is 0 Å². The van der Waals surface area contributed by atoms with Crippen LogP contribution in [-0.2, 0) is 9.53 Å². The summed E-state index contributed by atoms with van der Waals surface area (Å²) in [5.41, 5.74) is 0. The van der Waals surface area contributed by atoms with Gasteiger partial charge in [-0.2, -0.15) is 12.6 Å². The summed E-state index contributed by atoms with van der Waals surface area (Å²) in [5.74, 6) is -0.451. The topological polar surface area (TPSA) is 46.5 Å². The molecule has 72 valence electrons. The number of hydrogen-bond donors (Lipinski definition) is 2. The molecule has 0 saturated heterocycles. The van der Waals surface area contributed by atoms with Gasteiger partial charge in [0, 0.05) is 6.42 Å². The monoisotopic (exact) mass is 192 g/mol. The minimum absolute atomic E-state index is 0.0187. The first-order chi connectivity index (χ1) is 5.70. The fourth-order valence-electron chi connectivity index (χ4n) is 0.817. The zero-order chi connectivity index (χ0) is 9.40. The Balaban J connectivity index is 3.32.